The van der Waals surface area contributed by atoms with Crippen LogP contribution in [-0.2, 0) is 0 Å². The van der Waals surface area contributed by atoms with Gasteiger partial charge in [-0.1, -0.05) is 79.7 Å². The van der Waals surface area contributed by atoms with Gasteiger partial charge in [0, 0.05) is 9.14 Å². The first-order valence-corrected chi connectivity index (χ1v) is 8.60. The van der Waals surface area contributed by atoms with E-state index in [2.05, 4.69) is 35.2 Å². The lowest BCUT2D eigenvalue weighted by Crippen LogP contribution is -2.02. The number of hydrogen-bond acceptors (Lipinski definition) is 1. The molecule has 0 saturated heterocycles. The maximum absolute atomic E-state index is 12.8. The Morgan fingerprint density at radius 1 is 0.955 bits per heavy atom. The van der Waals surface area contributed by atoms with E-state index in [4.69, 9.17) is 0 Å². The van der Waals surface area contributed by atoms with E-state index in [0.29, 0.717) is 11.1 Å². The summed E-state index contributed by atoms with van der Waals surface area (Å²) in [6, 6.07) is 19.2. The number of allylic oxidation sites excluding steroid dienone is 1. The SMILES string of the molecule is CCCCC(I)=C=C(C(=O)c1ccccc1)c1ccccc1. The van der Waals surface area contributed by atoms with Crippen molar-refractivity contribution in [2.45, 2.75) is 26.2 Å². The normalized spacial score (nSPS) is 9.91. The third kappa shape index (κ3) is 4.69. The molecule has 0 amide bonds. The molecule has 0 heterocycles. The predicted octanol–water partition coefficient (Wildman–Crippen LogP) is 6.06. The first-order valence-electron chi connectivity index (χ1n) is 7.53. The number of halogens is 1. The summed E-state index contributed by atoms with van der Waals surface area (Å²) in [6.45, 7) is 2.17. The van der Waals surface area contributed by atoms with Gasteiger partial charge in [-0.05, 0) is 41.0 Å². The van der Waals surface area contributed by atoms with Crippen LogP contribution in [0.1, 0.15) is 42.1 Å². The Morgan fingerprint density at radius 2 is 1.50 bits per heavy atom. The van der Waals surface area contributed by atoms with Crippen molar-refractivity contribution in [3.05, 3.63) is 81.1 Å². The van der Waals surface area contributed by atoms with Gasteiger partial charge >= 0.3 is 0 Å². The zero-order chi connectivity index (χ0) is 15.8. The van der Waals surface area contributed by atoms with E-state index in [1.165, 1.54) is 0 Å². The van der Waals surface area contributed by atoms with E-state index in [-0.39, 0.29) is 5.78 Å². The van der Waals surface area contributed by atoms with Crippen LogP contribution in [0.25, 0.3) is 5.57 Å². The molecule has 2 heteroatoms. The molecule has 0 aliphatic heterocycles. The van der Waals surface area contributed by atoms with Crippen molar-refractivity contribution in [3.63, 3.8) is 0 Å². The second-order valence-corrected chi connectivity index (χ2v) is 6.37. The van der Waals surface area contributed by atoms with Crippen LogP contribution in [0.15, 0.2) is 70.0 Å². The molecule has 0 bridgehead atoms. The van der Waals surface area contributed by atoms with Crippen molar-refractivity contribution in [2.75, 3.05) is 0 Å². The average molecular weight is 402 g/mol. The Balaban J connectivity index is 2.47. The fraction of sp³-hybridized carbons (Fsp3) is 0.200. The third-order valence-corrected chi connectivity index (χ3v) is 4.15. The Kier molecular flexibility index (Phi) is 6.63. The maximum atomic E-state index is 12.8. The second kappa shape index (κ2) is 8.72. The summed E-state index contributed by atoms with van der Waals surface area (Å²) in [5, 5.41) is 0. The van der Waals surface area contributed by atoms with Crippen LogP contribution in [0.4, 0.5) is 0 Å². The van der Waals surface area contributed by atoms with Gasteiger partial charge < -0.3 is 0 Å². The number of unbranched alkanes of at least 4 members (excludes halogenated alkanes) is 1. The second-order valence-electron chi connectivity index (χ2n) is 5.07. The molecule has 1 nitrogen and oxygen atoms in total. The van der Waals surface area contributed by atoms with E-state index < -0.39 is 0 Å². The highest BCUT2D eigenvalue weighted by Gasteiger charge is 2.13. The van der Waals surface area contributed by atoms with Gasteiger partial charge in [-0.15, -0.1) is 0 Å². The molecule has 0 spiro atoms. The maximum Gasteiger partial charge on any atom is 0.201 e. The molecular weight excluding hydrogens is 383 g/mol. The zero-order valence-electron chi connectivity index (χ0n) is 12.7. The summed E-state index contributed by atoms with van der Waals surface area (Å²) in [5.41, 5.74) is 5.60. The van der Waals surface area contributed by atoms with Gasteiger partial charge in [0.2, 0.25) is 5.78 Å². The minimum absolute atomic E-state index is 0.0254. The minimum Gasteiger partial charge on any atom is -0.288 e. The molecule has 0 aromatic heterocycles. The van der Waals surface area contributed by atoms with Crippen molar-refractivity contribution in [2.24, 2.45) is 0 Å². The van der Waals surface area contributed by atoms with Gasteiger partial charge in [-0.25, -0.2) is 0 Å². The van der Waals surface area contributed by atoms with Crippen LogP contribution in [-0.4, -0.2) is 5.78 Å². The van der Waals surface area contributed by atoms with Crippen molar-refractivity contribution in [1.82, 2.24) is 0 Å². The number of rotatable bonds is 6. The molecule has 0 fully saturated rings. The molecule has 2 rings (SSSR count). The lowest BCUT2D eigenvalue weighted by atomic mass is 9.97. The highest BCUT2D eigenvalue weighted by atomic mass is 127. The van der Waals surface area contributed by atoms with Gasteiger partial charge in [0.05, 0.1) is 5.57 Å². The monoisotopic (exact) mass is 402 g/mol. The van der Waals surface area contributed by atoms with Crippen LogP contribution in [0, 0.1) is 0 Å². The van der Waals surface area contributed by atoms with Gasteiger partial charge in [0.15, 0.2) is 0 Å². The third-order valence-electron chi connectivity index (χ3n) is 3.34. The molecule has 0 saturated carbocycles. The Hall–Kier alpha value is -1.64. The van der Waals surface area contributed by atoms with E-state index in [1.54, 1.807) is 0 Å². The molecule has 2 aromatic carbocycles. The number of carbonyl (C=O) groups excluding carboxylic acids is 1. The fourth-order valence-corrected chi connectivity index (χ4v) is 2.78. The average Bonchev–Trinajstić information content (AvgIpc) is 2.59. The van der Waals surface area contributed by atoms with Crippen LogP contribution in [0.2, 0.25) is 0 Å². The standard InChI is InChI=1S/C20H19IO/c1-2-3-14-18(21)15-19(16-10-6-4-7-11-16)20(22)17-12-8-5-9-13-17/h4-13H,2-3,14H2,1H3. The number of benzene rings is 2. The summed E-state index contributed by atoms with van der Waals surface area (Å²) >= 11 is 2.29. The molecule has 2 aromatic rings. The van der Waals surface area contributed by atoms with Crippen LogP contribution in [0.3, 0.4) is 0 Å². The fourth-order valence-electron chi connectivity index (χ4n) is 2.13. The minimum atomic E-state index is 0.0254. The van der Waals surface area contributed by atoms with Crippen LogP contribution in [0.5, 0.6) is 0 Å². The quantitative estimate of drug-likeness (QED) is 0.248. The van der Waals surface area contributed by atoms with Crippen molar-refractivity contribution in [1.29, 1.82) is 0 Å². The van der Waals surface area contributed by atoms with Gasteiger partial charge in [-0.3, -0.25) is 4.79 Å². The molecule has 22 heavy (non-hydrogen) atoms. The van der Waals surface area contributed by atoms with Crippen molar-refractivity contribution < 1.29 is 4.79 Å². The van der Waals surface area contributed by atoms with Crippen LogP contribution >= 0.6 is 22.6 Å². The topological polar surface area (TPSA) is 17.1 Å². The van der Waals surface area contributed by atoms with E-state index in [0.717, 1.165) is 28.4 Å². The smallest absolute Gasteiger partial charge is 0.201 e. The number of hydrogen-bond donors (Lipinski definition) is 0. The number of Topliss-reactive ketones (excluding diaryl/α,β-unsaturated/α-hetero) is 1. The highest BCUT2D eigenvalue weighted by Crippen LogP contribution is 2.22. The first-order chi connectivity index (χ1) is 10.7. The molecule has 0 aliphatic carbocycles. The summed E-state index contributed by atoms with van der Waals surface area (Å²) in [6.07, 6.45) is 3.23. The lowest BCUT2D eigenvalue weighted by Gasteiger charge is -2.05. The van der Waals surface area contributed by atoms with Gasteiger partial charge in [0.25, 0.3) is 0 Å². The number of ketones is 1. The molecule has 0 unspecified atom stereocenters. The van der Waals surface area contributed by atoms with Crippen molar-refractivity contribution in [3.8, 4) is 0 Å². The van der Waals surface area contributed by atoms with E-state index >= 15 is 0 Å². The molecule has 0 aliphatic rings. The summed E-state index contributed by atoms with van der Waals surface area (Å²) in [5.74, 6) is 0.0254. The lowest BCUT2D eigenvalue weighted by molar-refractivity contribution is 0.105. The molecule has 112 valence electrons. The van der Waals surface area contributed by atoms with Gasteiger partial charge in [-0.2, -0.15) is 0 Å². The Bertz CT molecular complexity index is 680. The Labute approximate surface area is 145 Å². The molecular formula is C20H19IO. The first kappa shape index (κ1) is 16.7. The largest absolute Gasteiger partial charge is 0.288 e. The van der Waals surface area contributed by atoms with Crippen LogP contribution < -0.4 is 0 Å². The number of carbonyl (C=O) groups is 1. The van der Waals surface area contributed by atoms with Crippen molar-refractivity contribution >= 4 is 33.9 Å². The van der Waals surface area contributed by atoms with E-state index in [9.17, 15) is 4.79 Å². The highest BCUT2D eigenvalue weighted by molar-refractivity contribution is 14.1. The molecule has 0 N–H and O–H groups in total. The zero-order valence-corrected chi connectivity index (χ0v) is 14.8. The molecule has 0 atom stereocenters. The molecule has 0 radical (unpaired) electrons. The summed E-state index contributed by atoms with van der Waals surface area (Å²) in [7, 11) is 0. The summed E-state index contributed by atoms with van der Waals surface area (Å²) < 4.78 is 1.10. The Morgan fingerprint density at radius 3 is 2.05 bits per heavy atom. The summed E-state index contributed by atoms with van der Waals surface area (Å²) in [4.78, 5) is 12.8. The van der Waals surface area contributed by atoms with E-state index in [1.807, 2.05) is 60.7 Å². The van der Waals surface area contributed by atoms with Gasteiger partial charge in [0.1, 0.15) is 0 Å². The predicted molar refractivity (Wildman–Crippen MR) is 101 cm³/mol.